The molecule has 15 heavy (non-hydrogen) atoms. The molecule has 0 unspecified atom stereocenters. The zero-order valence-corrected chi connectivity index (χ0v) is 8.87. The van der Waals surface area contributed by atoms with Gasteiger partial charge in [-0.05, 0) is 11.4 Å². The van der Waals surface area contributed by atoms with Gasteiger partial charge < -0.3 is 10.0 Å². The summed E-state index contributed by atoms with van der Waals surface area (Å²) in [6.45, 7) is 0.721. The first-order valence-electron chi connectivity index (χ1n) is 4.70. The van der Waals surface area contributed by atoms with Gasteiger partial charge in [0.05, 0.1) is 12.3 Å². The van der Waals surface area contributed by atoms with E-state index in [0.29, 0.717) is 19.5 Å². The predicted octanol–water partition coefficient (Wildman–Crippen LogP) is 0.834. The molecule has 1 amide bonds. The molecule has 1 saturated heterocycles. The summed E-state index contributed by atoms with van der Waals surface area (Å²) < 4.78 is 0. The molecule has 1 fully saturated rings. The molecule has 1 aliphatic rings. The maximum absolute atomic E-state index is 11.6. The molecular formula is C10H11NO3S. The van der Waals surface area contributed by atoms with E-state index in [1.165, 1.54) is 0 Å². The molecule has 0 bridgehead atoms. The van der Waals surface area contributed by atoms with Crippen molar-refractivity contribution in [2.24, 2.45) is 5.92 Å². The number of carboxylic acids is 1. The Labute approximate surface area is 91.1 Å². The monoisotopic (exact) mass is 225 g/mol. The molecule has 0 atom stereocenters. The highest BCUT2D eigenvalue weighted by Crippen LogP contribution is 2.18. The minimum absolute atomic E-state index is 0.0231. The highest BCUT2D eigenvalue weighted by Gasteiger charge is 2.35. The zero-order valence-electron chi connectivity index (χ0n) is 8.05. The van der Waals surface area contributed by atoms with Crippen molar-refractivity contribution in [2.75, 3.05) is 13.1 Å². The molecule has 1 N–H and O–H groups in total. The van der Waals surface area contributed by atoms with E-state index in [0.717, 1.165) is 4.88 Å². The molecule has 2 heterocycles. The van der Waals surface area contributed by atoms with Crippen LogP contribution in [0, 0.1) is 5.92 Å². The number of hydrogen-bond donors (Lipinski definition) is 1. The van der Waals surface area contributed by atoms with Crippen LogP contribution in [0.5, 0.6) is 0 Å². The molecule has 5 heteroatoms. The molecule has 1 aromatic rings. The van der Waals surface area contributed by atoms with E-state index in [4.69, 9.17) is 5.11 Å². The molecule has 0 spiro atoms. The van der Waals surface area contributed by atoms with Crippen LogP contribution in [0.3, 0.4) is 0 Å². The lowest BCUT2D eigenvalue weighted by Gasteiger charge is -2.36. The van der Waals surface area contributed by atoms with Crippen LogP contribution in [0.4, 0.5) is 0 Å². The van der Waals surface area contributed by atoms with Crippen molar-refractivity contribution < 1.29 is 14.7 Å². The van der Waals surface area contributed by atoms with E-state index in [9.17, 15) is 9.59 Å². The number of carboxylic acid groups (broad SMARTS) is 1. The van der Waals surface area contributed by atoms with Gasteiger partial charge in [-0.1, -0.05) is 6.07 Å². The maximum atomic E-state index is 11.6. The molecule has 0 radical (unpaired) electrons. The number of likely N-dealkylation sites (tertiary alicyclic amines) is 1. The Kier molecular flexibility index (Phi) is 2.73. The van der Waals surface area contributed by atoms with E-state index in [1.54, 1.807) is 16.2 Å². The lowest BCUT2D eigenvalue weighted by atomic mass is 10.00. The Balaban J connectivity index is 1.82. The quantitative estimate of drug-likeness (QED) is 0.829. The van der Waals surface area contributed by atoms with Gasteiger partial charge in [0, 0.05) is 18.0 Å². The van der Waals surface area contributed by atoms with Crippen LogP contribution >= 0.6 is 11.3 Å². The van der Waals surface area contributed by atoms with Crippen LogP contribution in [0.1, 0.15) is 4.88 Å². The first-order chi connectivity index (χ1) is 7.16. The van der Waals surface area contributed by atoms with Crippen LogP contribution in [0.15, 0.2) is 17.5 Å². The first-order valence-corrected chi connectivity index (χ1v) is 5.58. The largest absolute Gasteiger partial charge is 0.481 e. The maximum Gasteiger partial charge on any atom is 0.310 e. The third-order valence-electron chi connectivity index (χ3n) is 2.49. The number of carbonyl (C=O) groups is 2. The number of hydrogen-bond acceptors (Lipinski definition) is 3. The second-order valence-corrected chi connectivity index (χ2v) is 4.62. The van der Waals surface area contributed by atoms with Crippen LogP contribution in [-0.4, -0.2) is 35.0 Å². The Morgan fingerprint density at radius 3 is 2.80 bits per heavy atom. The summed E-state index contributed by atoms with van der Waals surface area (Å²) in [7, 11) is 0. The van der Waals surface area contributed by atoms with Crippen LogP contribution in [-0.2, 0) is 16.0 Å². The predicted molar refractivity (Wildman–Crippen MR) is 55.7 cm³/mol. The smallest absolute Gasteiger partial charge is 0.310 e. The second kappa shape index (κ2) is 4.02. The van der Waals surface area contributed by atoms with Crippen molar-refractivity contribution >= 4 is 23.2 Å². The fourth-order valence-electron chi connectivity index (χ4n) is 1.51. The van der Waals surface area contributed by atoms with E-state index < -0.39 is 5.97 Å². The van der Waals surface area contributed by atoms with Crippen molar-refractivity contribution in [1.29, 1.82) is 0 Å². The van der Waals surface area contributed by atoms with E-state index in [2.05, 4.69) is 0 Å². The van der Waals surface area contributed by atoms with Crippen LogP contribution in [0.25, 0.3) is 0 Å². The standard InChI is InChI=1S/C10H11NO3S/c12-9(4-8-2-1-3-15-8)11-5-7(6-11)10(13)14/h1-3,7H,4-6H2,(H,13,14). The minimum Gasteiger partial charge on any atom is -0.481 e. The van der Waals surface area contributed by atoms with Crippen LogP contribution < -0.4 is 0 Å². The Hall–Kier alpha value is -1.36. The summed E-state index contributed by atoms with van der Waals surface area (Å²) in [4.78, 5) is 24.8. The number of aliphatic carboxylic acids is 1. The van der Waals surface area contributed by atoms with Crippen molar-refractivity contribution in [1.82, 2.24) is 4.90 Å². The highest BCUT2D eigenvalue weighted by molar-refractivity contribution is 7.10. The summed E-state index contributed by atoms with van der Waals surface area (Å²) in [6, 6.07) is 3.82. The summed E-state index contributed by atoms with van der Waals surface area (Å²) in [6.07, 6.45) is 0.393. The Morgan fingerprint density at radius 1 is 1.53 bits per heavy atom. The van der Waals surface area contributed by atoms with E-state index in [1.807, 2.05) is 17.5 Å². The fraction of sp³-hybridized carbons (Fsp3) is 0.400. The average molecular weight is 225 g/mol. The number of thiophene rings is 1. The normalized spacial score (nSPS) is 16.1. The third-order valence-corrected chi connectivity index (χ3v) is 3.37. The molecular weight excluding hydrogens is 214 g/mol. The van der Waals surface area contributed by atoms with Gasteiger partial charge in [-0.25, -0.2) is 0 Å². The van der Waals surface area contributed by atoms with Gasteiger partial charge in [0.2, 0.25) is 5.91 Å². The van der Waals surface area contributed by atoms with Crippen molar-refractivity contribution in [3.63, 3.8) is 0 Å². The van der Waals surface area contributed by atoms with Crippen molar-refractivity contribution in [3.8, 4) is 0 Å². The van der Waals surface area contributed by atoms with Crippen molar-refractivity contribution in [3.05, 3.63) is 22.4 Å². The molecule has 1 aliphatic heterocycles. The minimum atomic E-state index is -0.810. The molecule has 0 aromatic carbocycles. The van der Waals surface area contributed by atoms with E-state index in [-0.39, 0.29) is 11.8 Å². The van der Waals surface area contributed by atoms with Gasteiger partial charge in [0.25, 0.3) is 0 Å². The SMILES string of the molecule is O=C(O)C1CN(C(=O)Cc2cccs2)C1. The molecule has 0 aliphatic carbocycles. The lowest BCUT2D eigenvalue weighted by molar-refractivity contribution is -0.152. The molecule has 1 aromatic heterocycles. The number of rotatable bonds is 3. The molecule has 0 saturated carbocycles. The van der Waals surface area contributed by atoms with Gasteiger partial charge in [-0.2, -0.15) is 0 Å². The van der Waals surface area contributed by atoms with Gasteiger partial charge in [-0.3, -0.25) is 9.59 Å². The van der Waals surface area contributed by atoms with Crippen molar-refractivity contribution in [2.45, 2.75) is 6.42 Å². The van der Waals surface area contributed by atoms with E-state index >= 15 is 0 Å². The zero-order chi connectivity index (χ0) is 10.8. The molecule has 2 rings (SSSR count). The van der Waals surface area contributed by atoms with Gasteiger partial charge >= 0.3 is 5.97 Å². The number of nitrogens with zero attached hydrogens (tertiary/aromatic N) is 1. The highest BCUT2D eigenvalue weighted by atomic mass is 32.1. The van der Waals surface area contributed by atoms with Gasteiger partial charge in [0.1, 0.15) is 0 Å². The summed E-state index contributed by atoms with van der Waals surface area (Å²) in [5.41, 5.74) is 0. The number of carbonyl (C=O) groups excluding carboxylic acids is 1. The topological polar surface area (TPSA) is 57.6 Å². The van der Waals surface area contributed by atoms with Gasteiger partial charge in [-0.15, -0.1) is 11.3 Å². The summed E-state index contributed by atoms with van der Waals surface area (Å²) >= 11 is 1.55. The fourth-order valence-corrected chi connectivity index (χ4v) is 2.21. The number of amides is 1. The van der Waals surface area contributed by atoms with Crippen LogP contribution in [0.2, 0.25) is 0 Å². The lowest BCUT2D eigenvalue weighted by Crippen LogP contribution is -2.53. The molecule has 4 nitrogen and oxygen atoms in total. The average Bonchev–Trinajstić information content (AvgIpc) is 2.52. The Bertz CT molecular complexity index is 368. The molecule has 80 valence electrons. The Morgan fingerprint density at radius 2 is 2.27 bits per heavy atom. The second-order valence-electron chi connectivity index (χ2n) is 3.59. The summed E-state index contributed by atoms with van der Waals surface area (Å²) in [5.74, 6) is -1.15. The third kappa shape index (κ3) is 2.18. The first kappa shape index (κ1) is 10.2. The summed E-state index contributed by atoms with van der Waals surface area (Å²) in [5, 5.41) is 10.6. The van der Waals surface area contributed by atoms with Gasteiger partial charge in [0.15, 0.2) is 0 Å².